The summed E-state index contributed by atoms with van der Waals surface area (Å²) in [7, 11) is 0. The molecule has 2 aromatic rings. The minimum absolute atomic E-state index is 0.204. The molecule has 0 spiro atoms. The van der Waals surface area contributed by atoms with Crippen LogP contribution in [0.5, 0.6) is 0 Å². The van der Waals surface area contributed by atoms with E-state index in [-0.39, 0.29) is 18.1 Å². The van der Waals surface area contributed by atoms with E-state index in [0.717, 1.165) is 12.8 Å². The zero-order chi connectivity index (χ0) is 18.3. The number of urea groups is 1. The summed E-state index contributed by atoms with van der Waals surface area (Å²) in [6.07, 6.45) is 7.77. The maximum absolute atomic E-state index is 12.8. The Hall–Kier alpha value is -3.16. The van der Waals surface area contributed by atoms with Crippen LogP contribution < -0.4 is 16.2 Å². The van der Waals surface area contributed by atoms with Gasteiger partial charge in [0, 0.05) is 30.3 Å². The van der Waals surface area contributed by atoms with Gasteiger partial charge in [-0.1, -0.05) is 0 Å². The van der Waals surface area contributed by atoms with Crippen molar-refractivity contribution in [3.05, 3.63) is 59.6 Å². The summed E-state index contributed by atoms with van der Waals surface area (Å²) in [4.78, 5) is 43.7. The van der Waals surface area contributed by atoms with Gasteiger partial charge in [-0.05, 0) is 43.5 Å². The highest BCUT2D eigenvalue weighted by Gasteiger charge is 2.55. The molecule has 2 N–H and O–H groups in total. The van der Waals surface area contributed by atoms with Crippen molar-refractivity contribution in [2.75, 3.05) is 18.0 Å². The lowest BCUT2D eigenvalue weighted by molar-refractivity contribution is -0.126. The van der Waals surface area contributed by atoms with E-state index in [2.05, 4.69) is 4.98 Å². The summed E-state index contributed by atoms with van der Waals surface area (Å²) in [5.41, 5.74) is 5.67. The van der Waals surface area contributed by atoms with Gasteiger partial charge < -0.3 is 10.6 Å². The number of amides is 3. The lowest BCUT2D eigenvalue weighted by Crippen LogP contribution is -2.59. The lowest BCUT2D eigenvalue weighted by Gasteiger charge is -2.37. The fourth-order valence-corrected chi connectivity index (χ4v) is 3.64. The molecule has 3 heterocycles. The van der Waals surface area contributed by atoms with Gasteiger partial charge in [0.05, 0.1) is 12.7 Å². The monoisotopic (exact) mass is 352 g/mol. The quantitative estimate of drug-likeness (QED) is 0.878. The molecular weight excluding hydrogens is 334 g/mol. The molecule has 2 aliphatic rings. The first-order valence-electron chi connectivity index (χ1n) is 8.39. The Morgan fingerprint density at radius 3 is 2.54 bits per heavy atom. The van der Waals surface area contributed by atoms with Gasteiger partial charge in [-0.2, -0.15) is 0 Å². The predicted octanol–water partition coefficient (Wildman–Crippen LogP) is 0.697. The molecule has 1 aromatic carbocycles. The Bertz CT molecular complexity index is 923. The first kappa shape index (κ1) is 16.3. The average molecular weight is 352 g/mol. The Morgan fingerprint density at radius 1 is 1.15 bits per heavy atom. The van der Waals surface area contributed by atoms with Crippen molar-refractivity contribution < 1.29 is 9.59 Å². The highest BCUT2D eigenvalue weighted by molar-refractivity contribution is 6.03. The van der Waals surface area contributed by atoms with Gasteiger partial charge in [0.2, 0.25) is 5.91 Å². The number of piperidine rings is 1. The molecule has 2 fully saturated rings. The molecule has 4 rings (SSSR count). The molecule has 0 saturated carbocycles. The third-order valence-electron chi connectivity index (χ3n) is 5.00. The number of nitrogens with zero attached hydrogens (tertiary/aromatic N) is 4. The maximum atomic E-state index is 12.8. The third-order valence-corrected chi connectivity index (χ3v) is 5.00. The Balaban J connectivity index is 1.66. The van der Waals surface area contributed by atoms with Crippen LogP contribution >= 0.6 is 0 Å². The largest absolute Gasteiger partial charge is 0.368 e. The van der Waals surface area contributed by atoms with Crippen LogP contribution in [0.1, 0.15) is 12.8 Å². The van der Waals surface area contributed by atoms with E-state index in [9.17, 15) is 14.4 Å². The fraction of sp³-hybridized carbons (Fsp3) is 0.278. The highest BCUT2D eigenvalue weighted by atomic mass is 16.2. The van der Waals surface area contributed by atoms with Crippen molar-refractivity contribution in [3.63, 3.8) is 0 Å². The predicted molar refractivity (Wildman–Crippen MR) is 94.7 cm³/mol. The van der Waals surface area contributed by atoms with Gasteiger partial charge in [-0.25, -0.2) is 4.79 Å². The molecule has 3 amide bonds. The standard InChI is InChI=1S/C18H18N5O3/c19-16(25)18-7-1-2-9-23(18)17(26)22(12-18)14-5-3-13(4-6-14)21-10-8-20-11-15(21)24/h3-8,10-11H,1-2,9,12H2,(H2,19,25)/t18-/m1/s1. The topological polar surface area (TPSA) is 102 Å². The van der Waals surface area contributed by atoms with Crippen molar-refractivity contribution in [1.29, 1.82) is 0 Å². The Labute approximate surface area is 149 Å². The lowest BCUT2D eigenvalue weighted by atomic mass is 9.87. The van der Waals surface area contributed by atoms with Gasteiger partial charge >= 0.3 is 6.03 Å². The number of fused-ring (bicyclic) bond motifs is 1. The molecule has 1 aromatic heterocycles. The Morgan fingerprint density at radius 2 is 1.88 bits per heavy atom. The SMILES string of the molecule is NC(=O)[C@]12[CH]CCCN1C(=O)N(c1ccc(-n3ccncc3=O)cc1)C2. The molecular formula is C18H18N5O3. The second-order valence-corrected chi connectivity index (χ2v) is 6.46. The van der Waals surface area contributed by atoms with Gasteiger partial charge in [-0.15, -0.1) is 0 Å². The molecule has 8 heteroatoms. The first-order chi connectivity index (χ1) is 12.5. The number of aromatic nitrogens is 2. The van der Waals surface area contributed by atoms with Crippen molar-refractivity contribution in [2.24, 2.45) is 5.73 Å². The molecule has 2 saturated heterocycles. The number of primary amides is 1. The molecule has 2 aliphatic heterocycles. The summed E-state index contributed by atoms with van der Waals surface area (Å²) in [5.74, 6) is -0.506. The van der Waals surface area contributed by atoms with Gasteiger partial charge in [0.1, 0.15) is 5.54 Å². The fourth-order valence-electron chi connectivity index (χ4n) is 3.64. The second kappa shape index (κ2) is 5.98. The zero-order valence-corrected chi connectivity index (χ0v) is 14.0. The zero-order valence-electron chi connectivity index (χ0n) is 14.0. The molecule has 0 bridgehead atoms. The minimum atomic E-state index is -1.05. The van der Waals surface area contributed by atoms with E-state index in [4.69, 9.17) is 5.73 Å². The van der Waals surface area contributed by atoms with Crippen molar-refractivity contribution in [1.82, 2.24) is 14.5 Å². The average Bonchev–Trinajstić information content (AvgIpc) is 2.97. The molecule has 0 unspecified atom stereocenters. The number of nitrogens with two attached hydrogens (primary N) is 1. The van der Waals surface area contributed by atoms with E-state index in [1.807, 2.05) is 6.42 Å². The summed E-state index contributed by atoms with van der Waals surface area (Å²) in [6.45, 7) is 0.717. The van der Waals surface area contributed by atoms with E-state index < -0.39 is 11.4 Å². The van der Waals surface area contributed by atoms with E-state index in [0.29, 0.717) is 17.9 Å². The van der Waals surface area contributed by atoms with Crippen LogP contribution in [0.4, 0.5) is 10.5 Å². The number of hydrogen-bond acceptors (Lipinski definition) is 4. The van der Waals surface area contributed by atoms with E-state index >= 15 is 0 Å². The third kappa shape index (κ3) is 2.37. The van der Waals surface area contributed by atoms with Crippen LogP contribution in [0.25, 0.3) is 5.69 Å². The summed E-state index contributed by atoms with van der Waals surface area (Å²) in [6, 6.07) is 6.79. The number of benzene rings is 1. The van der Waals surface area contributed by atoms with Crippen LogP contribution in [0.2, 0.25) is 0 Å². The number of anilines is 1. The molecule has 0 aliphatic carbocycles. The minimum Gasteiger partial charge on any atom is -0.368 e. The number of hydrogen-bond donors (Lipinski definition) is 1. The summed E-state index contributed by atoms with van der Waals surface area (Å²) >= 11 is 0. The number of carbonyl (C=O) groups is 2. The van der Waals surface area contributed by atoms with Crippen LogP contribution in [0, 0.1) is 6.42 Å². The van der Waals surface area contributed by atoms with Crippen LogP contribution in [0.15, 0.2) is 47.7 Å². The maximum Gasteiger partial charge on any atom is 0.325 e. The molecule has 8 nitrogen and oxygen atoms in total. The van der Waals surface area contributed by atoms with Crippen molar-refractivity contribution in [2.45, 2.75) is 18.4 Å². The Kier molecular flexibility index (Phi) is 3.75. The summed E-state index contributed by atoms with van der Waals surface area (Å²) in [5, 5.41) is 0. The van der Waals surface area contributed by atoms with Gasteiger partial charge in [0.25, 0.3) is 5.56 Å². The van der Waals surface area contributed by atoms with Crippen LogP contribution in [-0.2, 0) is 4.79 Å². The number of rotatable bonds is 3. The normalized spacial score (nSPS) is 22.4. The molecule has 26 heavy (non-hydrogen) atoms. The highest BCUT2D eigenvalue weighted by Crippen LogP contribution is 2.37. The van der Waals surface area contributed by atoms with Crippen molar-refractivity contribution >= 4 is 17.6 Å². The van der Waals surface area contributed by atoms with E-state index in [1.54, 1.807) is 40.3 Å². The smallest absolute Gasteiger partial charge is 0.325 e. The van der Waals surface area contributed by atoms with Crippen LogP contribution in [-0.4, -0.2) is 45.0 Å². The number of carbonyl (C=O) groups excluding carboxylic acids is 2. The van der Waals surface area contributed by atoms with Gasteiger partial charge in [0.15, 0.2) is 0 Å². The summed E-state index contributed by atoms with van der Waals surface area (Å²) < 4.78 is 1.46. The van der Waals surface area contributed by atoms with Gasteiger partial charge in [-0.3, -0.25) is 24.0 Å². The second-order valence-electron chi connectivity index (χ2n) is 6.46. The molecule has 1 atom stereocenters. The molecule has 1 radical (unpaired) electrons. The van der Waals surface area contributed by atoms with Crippen LogP contribution in [0.3, 0.4) is 0 Å². The van der Waals surface area contributed by atoms with E-state index in [1.165, 1.54) is 17.0 Å². The van der Waals surface area contributed by atoms with Crippen molar-refractivity contribution in [3.8, 4) is 5.69 Å². The first-order valence-corrected chi connectivity index (χ1v) is 8.39. The molecule has 133 valence electrons.